The number of hydrogen-bond donors (Lipinski definition) is 1. The molecular formula is C5HCl11O. The molecule has 0 rings (SSSR count). The molecule has 0 aliphatic heterocycles. The first kappa shape index (κ1) is 20.1. The maximum Gasteiger partial charge on any atom is 0.241 e. The lowest BCUT2D eigenvalue weighted by Gasteiger charge is -2.48. The molecule has 0 spiro atoms. The first-order valence-electron chi connectivity index (χ1n) is 3.30. The third-order valence-electron chi connectivity index (χ3n) is 1.59. The van der Waals surface area contributed by atoms with Gasteiger partial charge in [-0.1, -0.05) is 116 Å². The maximum absolute atomic E-state index is 9.57. The molecule has 0 aromatic carbocycles. The molecule has 0 aliphatic carbocycles. The molecule has 12 heteroatoms. The zero-order valence-corrected chi connectivity index (χ0v) is 15.4. The minimum absolute atomic E-state index is 2.47. The van der Waals surface area contributed by atoms with Gasteiger partial charge in [-0.05, 0) is 0 Å². The van der Waals surface area contributed by atoms with Crippen molar-refractivity contribution in [3.8, 4) is 0 Å². The lowest BCUT2D eigenvalue weighted by molar-refractivity contribution is 0.152. The van der Waals surface area contributed by atoms with Crippen LogP contribution < -0.4 is 0 Å². The van der Waals surface area contributed by atoms with Crippen molar-refractivity contribution in [1.29, 1.82) is 0 Å². The largest absolute Gasteiger partial charge is 0.361 e. The number of hydrogen-bond acceptors (Lipinski definition) is 1. The SMILES string of the molecule is OC(Cl)(Cl)C(Cl)(C(Cl)(Cl)Cl)C(Cl)(Cl)C(Cl)(Cl)Cl. The van der Waals surface area contributed by atoms with E-state index < -0.39 is 21.3 Å². The highest BCUT2D eigenvalue weighted by Gasteiger charge is 2.76. The first-order valence-corrected chi connectivity index (χ1v) is 7.46. The van der Waals surface area contributed by atoms with Gasteiger partial charge in [-0.15, -0.1) is 11.6 Å². The molecular weight excluding hydrogens is 466 g/mol. The molecule has 1 nitrogen and oxygen atoms in total. The Morgan fingerprint density at radius 2 is 0.824 bits per heavy atom. The van der Waals surface area contributed by atoms with Crippen LogP contribution in [0, 0.1) is 0 Å². The quantitative estimate of drug-likeness (QED) is 0.494. The molecule has 0 aromatic rings. The van der Waals surface area contributed by atoms with Crippen molar-refractivity contribution in [2.45, 2.75) is 21.3 Å². The maximum atomic E-state index is 9.57. The molecule has 0 saturated heterocycles. The van der Waals surface area contributed by atoms with E-state index in [0.717, 1.165) is 0 Å². The van der Waals surface area contributed by atoms with Gasteiger partial charge in [-0.2, -0.15) is 0 Å². The van der Waals surface area contributed by atoms with Crippen LogP contribution in [-0.2, 0) is 0 Å². The highest BCUT2D eigenvalue weighted by atomic mass is 35.6. The van der Waals surface area contributed by atoms with Crippen LogP contribution in [0.25, 0.3) is 0 Å². The lowest BCUT2D eigenvalue weighted by atomic mass is 10.1. The normalized spacial score (nSPS) is 19.1. The van der Waals surface area contributed by atoms with Crippen LogP contribution in [0.2, 0.25) is 0 Å². The first-order chi connectivity index (χ1) is 7.00. The van der Waals surface area contributed by atoms with Gasteiger partial charge in [-0.25, -0.2) is 0 Å². The zero-order valence-electron chi connectivity index (χ0n) is 7.10. The highest BCUT2D eigenvalue weighted by Crippen LogP contribution is 2.66. The van der Waals surface area contributed by atoms with E-state index in [9.17, 15) is 5.11 Å². The van der Waals surface area contributed by atoms with E-state index >= 15 is 0 Å². The number of aliphatic hydroxyl groups is 1. The van der Waals surface area contributed by atoms with Crippen LogP contribution in [0.4, 0.5) is 0 Å². The highest BCUT2D eigenvalue weighted by molar-refractivity contribution is 6.80. The molecule has 1 unspecified atom stereocenters. The monoisotopic (exact) mass is 462 g/mol. The van der Waals surface area contributed by atoms with E-state index in [-0.39, 0.29) is 0 Å². The number of rotatable bonds is 2. The fraction of sp³-hybridized carbons (Fsp3) is 1.00. The van der Waals surface area contributed by atoms with Crippen LogP contribution >= 0.6 is 128 Å². The van der Waals surface area contributed by atoms with Crippen molar-refractivity contribution in [2.75, 3.05) is 0 Å². The standard InChI is InChI=1S/C5HCl11O/c6-1(3(9,10)11,5(15,16)17)2(7,8)4(12,13)14/h17H. The summed E-state index contributed by atoms with van der Waals surface area (Å²) in [6.45, 7) is 0. The van der Waals surface area contributed by atoms with E-state index in [0.29, 0.717) is 0 Å². The molecule has 0 aromatic heterocycles. The Bertz CT molecular complexity index is 266. The zero-order chi connectivity index (χ0) is 14.5. The molecule has 0 radical (unpaired) electrons. The fourth-order valence-electron chi connectivity index (χ4n) is 0.733. The van der Waals surface area contributed by atoms with Gasteiger partial charge in [0.1, 0.15) is 0 Å². The second kappa shape index (κ2) is 5.74. The summed E-state index contributed by atoms with van der Waals surface area (Å²) in [6.07, 6.45) is 0. The smallest absolute Gasteiger partial charge is 0.241 e. The average molecular weight is 467 g/mol. The van der Waals surface area contributed by atoms with Crippen LogP contribution in [0.1, 0.15) is 0 Å². The van der Waals surface area contributed by atoms with Crippen LogP contribution in [0.3, 0.4) is 0 Å². The Balaban J connectivity index is 6.04. The van der Waals surface area contributed by atoms with Crippen molar-refractivity contribution >= 4 is 128 Å². The summed E-state index contributed by atoms with van der Waals surface area (Å²) in [6, 6.07) is 0. The average Bonchev–Trinajstić information content (AvgIpc) is 1.95. The minimum Gasteiger partial charge on any atom is -0.361 e. The topological polar surface area (TPSA) is 20.2 Å². The van der Waals surface area contributed by atoms with Gasteiger partial charge in [-0.3, -0.25) is 0 Å². The van der Waals surface area contributed by atoms with Crippen molar-refractivity contribution in [2.24, 2.45) is 0 Å². The number of alkyl halides is 11. The third kappa shape index (κ3) is 3.67. The fourth-order valence-corrected chi connectivity index (χ4v) is 4.18. The van der Waals surface area contributed by atoms with Gasteiger partial charge in [0, 0.05) is 0 Å². The Hall–Kier alpha value is 3.15. The Morgan fingerprint density at radius 1 is 0.529 bits per heavy atom. The van der Waals surface area contributed by atoms with Gasteiger partial charge in [0.05, 0.1) is 0 Å². The Labute approximate surface area is 152 Å². The summed E-state index contributed by atoms with van der Waals surface area (Å²) in [7, 11) is 0. The summed E-state index contributed by atoms with van der Waals surface area (Å²) >= 11 is 61.3. The molecule has 1 atom stereocenters. The summed E-state index contributed by atoms with van der Waals surface area (Å²) < 4.78 is -10.6. The van der Waals surface area contributed by atoms with E-state index in [1.165, 1.54) is 0 Å². The second-order valence-corrected chi connectivity index (χ2v) is 10.5. The summed E-state index contributed by atoms with van der Waals surface area (Å²) in [5.74, 6) is 0. The predicted octanol–water partition coefficient (Wildman–Crippen LogP) is 6.00. The molecule has 0 amide bonds. The Kier molecular flexibility index (Phi) is 6.80. The van der Waals surface area contributed by atoms with Crippen molar-refractivity contribution < 1.29 is 5.11 Å². The molecule has 1 N–H and O–H groups in total. The molecule has 104 valence electrons. The van der Waals surface area contributed by atoms with Crippen molar-refractivity contribution in [1.82, 2.24) is 0 Å². The van der Waals surface area contributed by atoms with E-state index in [1.807, 2.05) is 0 Å². The van der Waals surface area contributed by atoms with E-state index in [2.05, 4.69) is 0 Å². The van der Waals surface area contributed by atoms with Gasteiger partial charge in [0.2, 0.25) is 12.1 Å². The van der Waals surface area contributed by atoms with Gasteiger partial charge >= 0.3 is 0 Å². The van der Waals surface area contributed by atoms with E-state index in [1.54, 1.807) is 0 Å². The number of halogens is 11. The lowest BCUT2D eigenvalue weighted by Crippen LogP contribution is -2.66. The molecule has 0 heterocycles. The second-order valence-electron chi connectivity index (χ2n) is 2.77. The van der Waals surface area contributed by atoms with Gasteiger partial charge < -0.3 is 5.11 Å². The summed E-state index contributed by atoms with van der Waals surface area (Å²) in [4.78, 5) is -2.75. The summed E-state index contributed by atoms with van der Waals surface area (Å²) in [5, 5.41) is 9.57. The van der Waals surface area contributed by atoms with Gasteiger partial charge in [0.15, 0.2) is 9.21 Å². The molecule has 0 bridgehead atoms. The third-order valence-corrected chi connectivity index (χ3v) is 7.09. The Morgan fingerprint density at radius 3 is 0.882 bits per heavy atom. The van der Waals surface area contributed by atoms with Crippen LogP contribution in [0.5, 0.6) is 0 Å². The minimum atomic E-state index is -2.92. The molecule has 0 aliphatic rings. The van der Waals surface area contributed by atoms with Crippen LogP contribution in [0.15, 0.2) is 0 Å². The summed E-state index contributed by atoms with van der Waals surface area (Å²) in [5.41, 5.74) is 0. The van der Waals surface area contributed by atoms with Crippen molar-refractivity contribution in [3.63, 3.8) is 0 Å². The van der Waals surface area contributed by atoms with Gasteiger partial charge in [0.25, 0.3) is 0 Å². The van der Waals surface area contributed by atoms with Crippen molar-refractivity contribution in [3.05, 3.63) is 0 Å². The molecule has 17 heavy (non-hydrogen) atoms. The predicted molar refractivity (Wildman–Crippen MR) is 80.3 cm³/mol. The van der Waals surface area contributed by atoms with Crippen LogP contribution in [-0.4, -0.2) is 26.4 Å². The molecule has 0 saturated carbocycles. The molecule has 0 fully saturated rings. The van der Waals surface area contributed by atoms with E-state index in [4.69, 9.17) is 128 Å².